The molecule has 1 fully saturated rings. The molecule has 4 heteroatoms. The van der Waals surface area contributed by atoms with E-state index in [0.29, 0.717) is 17.5 Å². The number of benzene rings is 6. The fraction of sp³-hybridized carbons (Fsp3) is 0.130. The van der Waals surface area contributed by atoms with Crippen LogP contribution in [0.5, 0.6) is 0 Å². The van der Waals surface area contributed by atoms with Crippen molar-refractivity contribution in [3.05, 3.63) is 168 Å². The molecular formula is C46H34N4. The van der Waals surface area contributed by atoms with Crippen molar-refractivity contribution in [3.63, 3.8) is 0 Å². The predicted octanol–water partition coefficient (Wildman–Crippen LogP) is 12.0. The summed E-state index contributed by atoms with van der Waals surface area (Å²) in [5.41, 5.74) is 13.8. The molecule has 50 heavy (non-hydrogen) atoms. The molecule has 0 aliphatic heterocycles. The van der Waals surface area contributed by atoms with Gasteiger partial charge in [0, 0.05) is 22.1 Å². The molecule has 2 aliphatic carbocycles. The predicted molar refractivity (Wildman–Crippen MR) is 203 cm³/mol. The lowest BCUT2D eigenvalue weighted by atomic mass is 9.67. The third-order valence-corrected chi connectivity index (χ3v) is 10.6. The third kappa shape index (κ3) is 5.19. The van der Waals surface area contributed by atoms with Crippen LogP contribution >= 0.6 is 0 Å². The van der Waals surface area contributed by atoms with Gasteiger partial charge in [0.05, 0.1) is 6.57 Å². The number of hydrogen-bond donors (Lipinski definition) is 0. The molecule has 4 nitrogen and oxygen atoms in total. The molecule has 2 aliphatic rings. The molecule has 0 radical (unpaired) electrons. The van der Waals surface area contributed by atoms with Gasteiger partial charge in [-0.15, -0.1) is 0 Å². The van der Waals surface area contributed by atoms with Crippen LogP contribution in [0.1, 0.15) is 43.2 Å². The Balaban J connectivity index is 1.06. The summed E-state index contributed by atoms with van der Waals surface area (Å²) in [6.45, 7) is 7.66. The van der Waals surface area contributed by atoms with Crippen LogP contribution in [0.3, 0.4) is 0 Å². The van der Waals surface area contributed by atoms with Gasteiger partial charge in [-0.1, -0.05) is 153 Å². The van der Waals surface area contributed by atoms with Crippen molar-refractivity contribution in [1.29, 1.82) is 0 Å². The summed E-state index contributed by atoms with van der Waals surface area (Å²) in [5, 5.41) is 0. The van der Waals surface area contributed by atoms with Crippen molar-refractivity contribution in [3.8, 4) is 67.5 Å². The van der Waals surface area contributed by atoms with E-state index in [0.717, 1.165) is 46.3 Å². The van der Waals surface area contributed by atoms with Gasteiger partial charge in [0.2, 0.25) is 0 Å². The molecule has 0 unspecified atom stereocenters. The van der Waals surface area contributed by atoms with E-state index in [-0.39, 0.29) is 5.41 Å². The van der Waals surface area contributed by atoms with E-state index in [1.54, 1.807) is 0 Å². The molecule has 6 aromatic carbocycles. The quantitative estimate of drug-likeness (QED) is 0.175. The van der Waals surface area contributed by atoms with Crippen molar-refractivity contribution in [2.24, 2.45) is 0 Å². The number of hydrogen-bond acceptors (Lipinski definition) is 3. The standard InChI is InChI=1S/C46H34N4/c1-47-38-23-25-40-39-24-22-37(29-41(39)46(42(40)30-38)26-9-4-10-27-46)36-17-11-16-35(28-36)31-18-20-34(21-19-31)45-49-43(32-12-5-2-6-13-32)48-44(50-45)33-14-7-3-8-15-33/h2-3,5-8,11-25,28-30H,4,9-10,26-27H2. The average Bonchev–Trinajstić information content (AvgIpc) is 3.45. The van der Waals surface area contributed by atoms with Crippen LogP contribution in [0.25, 0.3) is 72.4 Å². The van der Waals surface area contributed by atoms with Crippen molar-refractivity contribution in [2.75, 3.05) is 0 Å². The van der Waals surface area contributed by atoms with E-state index in [9.17, 15) is 0 Å². The fourth-order valence-electron chi connectivity index (χ4n) is 8.05. The Morgan fingerprint density at radius 2 is 0.880 bits per heavy atom. The van der Waals surface area contributed by atoms with E-state index < -0.39 is 0 Å². The molecule has 1 saturated carbocycles. The number of fused-ring (bicyclic) bond motifs is 5. The second kappa shape index (κ2) is 12.4. The van der Waals surface area contributed by atoms with Crippen LogP contribution in [0.2, 0.25) is 0 Å². The first-order valence-corrected chi connectivity index (χ1v) is 17.4. The number of rotatable bonds is 5. The topological polar surface area (TPSA) is 43.0 Å². The Kier molecular flexibility index (Phi) is 7.40. The zero-order valence-electron chi connectivity index (χ0n) is 27.7. The monoisotopic (exact) mass is 642 g/mol. The maximum atomic E-state index is 7.66. The zero-order chi connectivity index (χ0) is 33.5. The van der Waals surface area contributed by atoms with Gasteiger partial charge in [0.15, 0.2) is 23.2 Å². The summed E-state index contributed by atoms with van der Waals surface area (Å²) in [6.07, 6.45) is 6.02. The molecule has 9 rings (SSSR count). The minimum absolute atomic E-state index is 0.00283. The second-order valence-corrected chi connectivity index (χ2v) is 13.4. The zero-order valence-corrected chi connectivity index (χ0v) is 27.7. The molecule has 7 aromatic rings. The van der Waals surface area contributed by atoms with Crippen LogP contribution in [-0.2, 0) is 5.41 Å². The highest BCUT2D eigenvalue weighted by molar-refractivity contribution is 5.86. The minimum Gasteiger partial charge on any atom is -0.238 e. The molecule has 238 valence electrons. The smallest absolute Gasteiger partial charge is 0.187 e. The normalized spacial score (nSPS) is 14.1. The summed E-state index contributed by atoms with van der Waals surface area (Å²) in [7, 11) is 0. The summed E-state index contributed by atoms with van der Waals surface area (Å²) in [4.78, 5) is 18.4. The highest BCUT2D eigenvalue weighted by Crippen LogP contribution is 2.57. The van der Waals surface area contributed by atoms with E-state index in [1.807, 2.05) is 66.7 Å². The molecule has 0 amide bonds. The van der Waals surface area contributed by atoms with Crippen molar-refractivity contribution >= 4 is 5.69 Å². The maximum absolute atomic E-state index is 7.66. The average molecular weight is 643 g/mol. The Morgan fingerprint density at radius 1 is 0.420 bits per heavy atom. The lowest BCUT2D eigenvalue weighted by Crippen LogP contribution is -2.28. The van der Waals surface area contributed by atoms with Gasteiger partial charge >= 0.3 is 0 Å². The van der Waals surface area contributed by atoms with Crippen LogP contribution in [0.15, 0.2) is 146 Å². The first kappa shape index (κ1) is 29.9. The van der Waals surface area contributed by atoms with Gasteiger partial charge < -0.3 is 0 Å². The first-order valence-electron chi connectivity index (χ1n) is 17.4. The van der Waals surface area contributed by atoms with Gasteiger partial charge in [-0.2, -0.15) is 0 Å². The van der Waals surface area contributed by atoms with Gasteiger partial charge in [0.1, 0.15) is 0 Å². The van der Waals surface area contributed by atoms with E-state index in [1.165, 1.54) is 52.6 Å². The van der Waals surface area contributed by atoms with E-state index in [2.05, 4.69) is 83.7 Å². The molecule has 0 N–H and O–H groups in total. The van der Waals surface area contributed by atoms with Gasteiger partial charge in [0.25, 0.3) is 0 Å². The molecule has 0 atom stereocenters. The summed E-state index contributed by atoms with van der Waals surface area (Å²) in [6, 6.07) is 50.9. The van der Waals surface area contributed by atoms with Crippen LogP contribution in [0, 0.1) is 6.57 Å². The van der Waals surface area contributed by atoms with E-state index >= 15 is 0 Å². The Bertz CT molecular complexity index is 2340. The number of aromatic nitrogens is 3. The Labute approximate surface area is 293 Å². The SMILES string of the molecule is [C-]#[N+]c1ccc2c(c1)C1(CCCCC1)c1cc(-c3cccc(-c4ccc(-c5nc(-c6ccccc6)nc(-c6ccccc6)n5)cc4)c3)ccc1-2. The third-order valence-electron chi connectivity index (χ3n) is 10.6. The molecular weight excluding hydrogens is 609 g/mol. The Morgan fingerprint density at radius 3 is 1.48 bits per heavy atom. The summed E-state index contributed by atoms with van der Waals surface area (Å²) in [5.74, 6) is 1.97. The van der Waals surface area contributed by atoms with Crippen LogP contribution in [-0.4, -0.2) is 15.0 Å². The molecule has 1 heterocycles. The van der Waals surface area contributed by atoms with Crippen molar-refractivity contribution in [1.82, 2.24) is 15.0 Å². The second-order valence-electron chi connectivity index (χ2n) is 13.4. The highest BCUT2D eigenvalue weighted by atomic mass is 15.0. The van der Waals surface area contributed by atoms with Crippen LogP contribution < -0.4 is 0 Å². The Hall–Kier alpha value is -6.18. The van der Waals surface area contributed by atoms with Gasteiger partial charge in [-0.3, -0.25) is 0 Å². The minimum atomic E-state index is 0.00283. The largest absolute Gasteiger partial charge is 0.238 e. The summed E-state index contributed by atoms with van der Waals surface area (Å²) < 4.78 is 0. The number of nitrogens with zero attached hydrogens (tertiary/aromatic N) is 4. The van der Waals surface area contributed by atoms with Crippen LogP contribution in [0.4, 0.5) is 5.69 Å². The fourth-order valence-corrected chi connectivity index (χ4v) is 8.05. The molecule has 1 aromatic heterocycles. The van der Waals surface area contributed by atoms with Crippen molar-refractivity contribution in [2.45, 2.75) is 37.5 Å². The lowest BCUT2D eigenvalue weighted by Gasteiger charge is -2.36. The van der Waals surface area contributed by atoms with Gasteiger partial charge in [-0.05, 0) is 69.5 Å². The van der Waals surface area contributed by atoms with E-state index in [4.69, 9.17) is 21.5 Å². The molecule has 1 spiro atoms. The summed E-state index contributed by atoms with van der Waals surface area (Å²) >= 11 is 0. The lowest BCUT2D eigenvalue weighted by molar-refractivity contribution is 0.353. The van der Waals surface area contributed by atoms with Gasteiger partial charge in [-0.25, -0.2) is 19.8 Å². The molecule has 0 saturated heterocycles. The highest BCUT2D eigenvalue weighted by Gasteiger charge is 2.43. The van der Waals surface area contributed by atoms with Crippen molar-refractivity contribution < 1.29 is 0 Å². The maximum Gasteiger partial charge on any atom is 0.187 e. The molecule has 0 bridgehead atoms. The first-order chi connectivity index (χ1) is 24.7.